The molecule has 1 rings (SSSR count). The quantitative estimate of drug-likeness (QED) is 0.879. The summed E-state index contributed by atoms with van der Waals surface area (Å²) >= 11 is 0. The monoisotopic (exact) mass is 244 g/mol. The second-order valence-corrected chi connectivity index (χ2v) is 5.33. The van der Waals surface area contributed by atoms with Crippen molar-refractivity contribution < 1.29 is 18.5 Å². The van der Waals surface area contributed by atoms with E-state index in [2.05, 4.69) is 0 Å². The molecule has 0 saturated heterocycles. The summed E-state index contributed by atoms with van der Waals surface area (Å²) in [6.45, 7) is 3.16. The molecule has 0 fully saturated rings. The Morgan fingerprint density at radius 3 is 2.75 bits per heavy atom. The van der Waals surface area contributed by atoms with Crippen LogP contribution in [-0.4, -0.2) is 20.5 Å². The van der Waals surface area contributed by atoms with Gasteiger partial charge in [-0.05, 0) is 37.1 Å². The molecule has 0 heterocycles. The van der Waals surface area contributed by atoms with Gasteiger partial charge in [-0.2, -0.15) is 0 Å². The lowest BCUT2D eigenvalue weighted by Gasteiger charge is -2.08. The van der Waals surface area contributed by atoms with Crippen LogP contribution in [0.3, 0.4) is 0 Å². The molecule has 16 heavy (non-hydrogen) atoms. The van der Waals surface area contributed by atoms with E-state index in [-0.39, 0.29) is 5.75 Å². The number of rotatable bonds is 4. The van der Waals surface area contributed by atoms with Crippen LogP contribution in [0.2, 0.25) is 0 Å². The zero-order chi connectivity index (χ0) is 12.3. The van der Waals surface area contributed by atoms with E-state index in [0.29, 0.717) is 5.56 Å². The van der Waals surface area contributed by atoms with Crippen LogP contribution >= 0.6 is 0 Å². The lowest BCUT2D eigenvalue weighted by atomic mass is 10.1. The third-order valence-electron chi connectivity index (χ3n) is 2.35. The molecule has 0 radical (unpaired) electrons. The highest BCUT2D eigenvalue weighted by Crippen LogP contribution is 2.14. The van der Waals surface area contributed by atoms with Gasteiger partial charge in [0.2, 0.25) is 0 Å². The van der Waals surface area contributed by atoms with E-state index in [1.165, 1.54) is 19.1 Å². The Morgan fingerprint density at radius 1 is 1.56 bits per heavy atom. The average molecular weight is 244 g/mol. The van der Waals surface area contributed by atoms with Gasteiger partial charge in [-0.1, -0.05) is 6.07 Å². The molecule has 0 amide bonds. The first-order chi connectivity index (χ1) is 7.41. The molecular formula is C11H13FO3S. The third kappa shape index (κ3) is 3.13. The van der Waals surface area contributed by atoms with Gasteiger partial charge in [0.05, 0.1) is 0 Å². The minimum absolute atomic E-state index is 0.0665. The van der Waals surface area contributed by atoms with Crippen molar-refractivity contribution in [3.8, 4) is 0 Å². The number of hydrogen-bond acceptors (Lipinski definition) is 2. The minimum Gasteiger partial charge on any atom is -0.480 e. The second kappa shape index (κ2) is 5.21. The standard InChI is InChI=1S/C11H13FO3S/c1-7-3-4-10(12)5-9(7)6-16(15)8(2)11(13)14/h3-5,8H,6H2,1-2H3,(H,13,14). The smallest absolute Gasteiger partial charge is 0.318 e. The molecule has 1 N–H and O–H groups in total. The topological polar surface area (TPSA) is 54.4 Å². The zero-order valence-corrected chi connectivity index (χ0v) is 9.88. The van der Waals surface area contributed by atoms with Crippen molar-refractivity contribution in [3.05, 3.63) is 35.1 Å². The lowest BCUT2D eigenvalue weighted by Crippen LogP contribution is -2.23. The van der Waals surface area contributed by atoms with E-state index in [4.69, 9.17) is 5.11 Å². The maximum Gasteiger partial charge on any atom is 0.318 e. The van der Waals surface area contributed by atoms with Crippen molar-refractivity contribution >= 4 is 16.8 Å². The fourth-order valence-electron chi connectivity index (χ4n) is 1.19. The molecule has 0 saturated carbocycles. The summed E-state index contributed by atoms with van der Waals surface area (Å²) in [4.78, 5) is 10.6. The molecule has 2 atom stereocenters. The molecule has 0 aromatic heterocycles. The highest BCUT2D eigenvalue weighted by molar-refractivity contribution is 7.85. The van der Waals surface area contributed by atoms with Gasteiger partial charge in [-0.15, -0.1) is 0 Å². The van der Waals surface area contributed by atoms with Gasteiger partial charge in [0.1, 0.15) is 11.1 Å². The maximum absolute atomic E-state index is 12.9. The average Bonchev–Trinajstić information content (AvgIpc) is 2.22. The summed E-state index contributed by atoms with van der Waals surface area (Å²) in [5, 5.41) is 7.75. The van der Waals surface area contributed by atoms with Crippen LogP contribution in [0.5, 0.6) is 0 Å². The van der Waals surface area contributed by atoms with Gasteiger partial charge in [0.15, 0.2) is 0 Å². The van der Waals surface area contributed by atoms with Crippen LogP contribution < -0.4 is 0 Å². The first kappa shape index (κ1) is 12.8. The number of benzene rings is 1. The molecule has 0 aliphatic carbocycles. The Morgan fingerprint density at radius 2 is 2.19 bits per heavy atom. The minimum atomic E-state index is -1.53. The van der Waals surface area contributed by atoms with Crippen molar-refractivity contribution in [2.24, 2.45) is 0 Å². The van der Waals surface area contributed by atoms with Crippen molar-refractivity contribution in [2.45, 2.75) is 24.9 Å². The molecule has 3 nitrogen and oxygen atoms in total. The SMILES string of the molecule is Cc1ccc(F)cc1CS(=O)C(C)C(=O)O. The third-order valence-corrected chi connectivity index (χ3v) is 3.94. The normalized spacial score (nSPS) is 14.4. The molecule has 0 aliphatic rings. The predicted octanol–water partition coefficient (Wildman–Crippen LogP) is 1.86. The first-order valence-electron chi connectivity index (χ1n) is 4.77. The molecule has 2 unspecified atom stereocenters. The van der Waals surface area contributed by atoms with Crippen LogP contribution in [-0.2, 0) is 21.3 Å². The summed E-state index contributed by atoms with van der Waals surface area (Å²) in [5.74, 6) is -1.44. The van der Waals surface area contributed by atoms with Crippen LogP contribution in [0.15, 0.2) is 18.2 Å². The van der Waals surface area contributed by atoms with E-state index in [1.54, 1.807) is 13.0 Å². The number of aliphatic carboxylic acids is 1. The number of hydrogen-bond donors (Lipinski definition) is 1. The number of carbonyl (C=O) groups is 1. The van der Waals surface area contributed by atoms with Gasteiger partial charge in [0.25, 0.3) is 0 Å². The summed E-state index contributed by atoms with van der Waals surface area (Å²) in [6, 6.07) is 4.21. The Labute approximate surface area is 95.8 Å². The summed E-state index contributed by atoms with van der Waals surface area (Å²) in [5.41, 5.74) is 1.40. The van der Waals surface area contributed by atoms with E-state index in [1.807, 2.05) is 0 Å². The van der Waals surface area contributed by atoms with E-state index >= 15 is 0 Å². The number of halogens is 1. The van der Waals surface area contributed by atoms with Crippen LogP contribution in [0.1, 0.15) is 18.1 Å². The lowest BCUT2D eigenvalue weighted by molar-refractivity contribution is -0.136. The summed E-state index contributed by atoms with van der Waals surface area (Å²) in [7, 11) is -1.53. The zero-order valence-electron chi connectivity index (χ0n) is 9.07. The summed E-state index contributed by atoms with van der Waals surface area (Å²) in [6.07, 6.45) is 0. The Bertz CT molecular complexity index is 431. The molecule has 5 heteroatoms. The second-order valence-electron chi connectivity index (χ2n) is 3.58. The van der Waals surface area contributed by atoms with Crippen molar-refractivity contribution in [1.29, 1.82) is 0 Å². The molecule has 1 aromatic rings. The largest absolute Gasteiger partial charge is 0.480 e. The Balaban J connectivity index is 2.84. The van der Waals surface area contributed by atoms with E-state index in [0.717, 1.165) is 5.56 Å². The van der Waals surface area contributed by atoms with E-state index < -0.39 is 27.8 Å². The molecule has 88 valence electrons. The highest BCUT2D eigenvalue weighted by atomic mass is 32.2. The van der Waals surface area contributed by atoms with Crippen molar-refractivity contribution in [1.82, 2.24) is 0 Å². The van der Waals surface area contributed by atoms with Gasteiger partial charge in [0, 0.05) is 16.6 Å². The summed E-state index contributed by atoms with van der Waals surface area (Å²) < 4.78 is 24.6. The molecule has 0 spiro atoms. The number of carboxylic acids is 1. The van der Waals surface area contributed by atoms with Gasteiger partial charge < -0.3 is 5.11 Å². The predicted molar refractivity (Wildman–Crippen MR) is 60.1 cm³/mol. The fourth-order valence-corrected chi connectivity index (χ4v) is 2.28. The van der Waals surface area contributed by atoms with Gasteiger partial charge >= 0.3 is 5.97 Å². The van der Waals surface area contributed by atoms with Crippen molar-refractivity contribution in [3.63, 3.8) is 0 Å². The van der Waals surface area contributed by atoms with Crippen LogP contribution in [0.4, 0.5) is 4.39 Å². The van der Waals surface area contributed by atoms with Crippen LogP contribution in [0.25, 0.3) is 0 Å². The first-order valence-corrected chi connectivity index (χ1v) is 6.15. The molecule has 0 bridgehead atoms. The maximum atomic E-state index is 12.9. The number of carboxylic acid groups (broad SMARTS) is 1. The Hall–Kier alpha value is -1.23. The van der Waals surface area contributed by atoms with Gasteiger partial charge in [-0.25, -0.2) is 4.39 Å². The molecule has 0 aliphatic heterocycles. The fraction of sp³-hybridized carbons (Fsp3) is 0.364. The van der Waals surface area contributed by atoms with Crippen molar-refractivity contribution in [2.75, 3.05) is 0 Å². The van der Waals surface area contributed by atoms with Gasteiger partial charge in [-0.3, -0.25) is 9.00 Å². The Kier molecular flexibility index (Phi) is 4.18. The van der Waals surface area contributed by atoms with Crippen LogP contribution in [0, 0.1) is 12.7 Å². The number of aryl methyl sites for hydroxylation is 1. The van der Waals surface area contributed by atoms with E-state index in [9.17, 15) is 13.4 Å². The molecular weight excluding hydrogens is 231 g/mol. The highest BCUT2D eigenvalue weighted by Gasteiger charge is 2.19. The molecule has 1 aromatic carbocycles.